The first-order valence-electron chi connectivity index (χ1n) is 7.70. The number of benzene rings is 2. The average molecular weight is 379 g/mol. The third-order valence-corrected chi connectivity index (χ3v) is 5.57. The number of carbonyl (C=O) groups excluding carboxylic acids is 1. The molecule has 0 saturated heterocycles. The van der Waals surface area contributed by atoms with Gasteiger partial charge in [0.15, 0.2) is 0 Å². The van der Waals surface area contributed by atoms with Gasteiger partial charge in [0.05, 0.1) is 11.9 Å². The van der Waals surface area contributed by atoms with Crippen molar-refractivity contribution in [3.8, 4) is 0 Å². The van der Waals surface area contributed by atoms with Crippen molar-refractivity contribution in [3.05, 3.63) is 53.6 Å². The lowest BCUT2D eigenvalue weighted by Crippen LogP contribution is -2.38. The Morgan fingerprint density at radius 3 is 2.28 bits per heavy atom. The monoisotopic (exact) mass is 378 g/mol. The number of para-hydroxylation sites is 1. The van der Waals surface area contributed by atoms with Crippen LogP contribution in [0.4, 0.5) is 11.4 Å². The summed E-state index contributed by atoms with van der Waals surface area (Å²) in [5.74, 6) is -0.383. The van der Waals surface area contributed by atoms with E-state index in [0.717, 1.165) is 26.6 Å². The summed E-state index contributed by atoms with van der Waals surface area (Å²) in [6, 6.07) is 13.0. The molecular formula is C18H22N2O3S2. The van der Waals surface area contributed by atoms with Gasteiger partial charge < -0.3 is 5.32 Å². The summed E-state index contributed by atoms with van der Waals surface area (Å²) < 4.78 is 25.7. The number of carbonyl (C=O) groups is 1. The molecule has 0 aromatic heterocycles. The van der Waals surface area contributed by atoms with E-state index in [9.17, 15) is 13.2 Å². The molecule has 0 spiro atoms. The average Bonchev–Trinajstić information content (AvgIpc) is 2.53. The predicted molar refractivity (Wildman–Crippen MR) is 105 cm³/mol. The molecule has 0 unspecified atom stereocenters. The lowest BCUT2D eigenvalue weighted by molar-refractivity contribution is -0.114. The zero-order valence-corrected chi connectivity index (χ0v) is 16.4. The van der Waals surface area contributed by atoms with Gasteiger partial charge in [-0.25, -0.2) is 8.42 Å². The number of sulfonamides is 1. The highest BCUT2D eigenvalue weighted by molar-refractivity contribution is 7.98. The van der Waals surface area contributed by atoms with E-state index in [1.165, 1.54) is 0 Å². The second-order valence-corrected chi connectivity index (χ2v) is 8.58. The molecule has 1 amide bonds. The van der Waals surface area contributed by atoms with Crippen LogP contribution in [0.3, 0.4) is 0 Å². The predicted octanol–water partition coefficient (Wildman–Crippen LogP) is 3.43. The Balaban J connectivity index is 2.27. The highest BCUT2D eigenvalue weighted by Gasteiger charge is 2.23. The number of anilines is 2. The van der Waals surface area contributed by atoms with E-state index in [2.05, 4.69) is 5.32 Å². The standard InChI is InChI=1S/C18H22N2O3S2/c1-13-7-5-8-14(2)18(13)20(25(4,22)23)12-17(21)19-15-9-6-10-16(11-15)24-3/h5-11H,12H2,1-4H3,(H,19,21). The SMILES string of the molecule is CSc1cccc(NC(=O)CN(c2c(C)cccc2C)S(C)(=O)=O)c1. The molecule has 134 valence electrons. The molecule has 0 aliphatic heterocycles. The number of rotatable bonds is 6. The Bertz CT molecular complexity index is 859. The summed E-state index contributed by atoms with van der Waals surface area (Å²) >= 11 is 1.57. The molecule has 0 bridgehead atoms. The van der Waals surface area contributed by atoms with Crippen LogP contribution in [0.15, 0.2) is 47.4 Å². The highest BCUT2D eigenvalue weighted by atomic mass is 32.2. The first-order valence-corrected chi connectivity index (χ1v) is 10.8. The van der Waals surface area contributed by atoms with Crippen molar-refractivity contribution in [2.75, 3.05) is 28.7 Å². The third-order valence-electron chi connectivity index (χ3n) is 3.73. The van der Waals surface area contributed by atoms with Crippen LogP contribution in [0, 0.1) is 13.8 Å². The zero-order valence-electron chi connectivity index (χ0n) is 14.7. The van der Waals surface area contributed by atoms with E-state index in [-0.39, 0.29) is 12.5 Å². The van der Waals surface area contributed by atoms with Crippen LogP contribution in [0.5, 0.6) is 0 Å². The smallest absolute Gasteiger partial charge is 0.245 e. The summed E-state index contributed by atoms with van der Waals surface area (Å²) in [5.41, 5.74) is 2.81. The van der Waals surface area contributed by atoms with Gasteiger partial charge in [-0.05, 0) is 49.4 Å². The molecule has 2 aromatic rings. The molecule has 0 saturated carbocycles. The van der Waals surface area contributed by atoms with Gasteiger partial charge in [0.25, 0.3) is 0 Å². The van der Waals surface area contributed by atoms with Crippen LogP contribution in [0.25, 0.3) is 0 Å². The number of amides is 1. The topological polar surface area (TPSA) is 66.5 Å². The molecule has 0 atom stereocenters. The van der Waals surface area contributed by atoms with Crippen LogP contribution in [0.2, 0.25) is 0 Å². The Kier molecular flexibility index (Phi) is 6.13. The van der Waals surface area contributed by atoms with E-state index in [1.807, 2.05) is 56.5 Å². The van der Waals surface area contributed by atoms with Gasteiger partial charge in [0, 0.05) is 10.6 Å². The normalized spacial score (nSPS) is 11.2. The number of nitrogens with zero attached hydrogens (tertiary/aromatic N) is 1. The maximum Gasteiger partial charge on any atom is 0.245 e. The van der Waals surface area contributed by atoms with Crippen LogP contribution < -0.4 is 9.62 Å². The van der Waals surface area contributed by atoms with E-state index in [1.54, 1.807) is 17.8 Å². The van der Waals surface area contributed by atoms with Crippen LogP contribution in [-0.2, 0) is 14.8 Å². The molecule has 0 fully saturated rings. The van der Waals surface area contributed by atoms with Crippen molar-refractivity contribution < 1.29 is 13.2 Å². The Morgan fingerprint density at radius 1 is 1.12 bits per heavy atom. The van der Waals surface area contributed by atoms with Crippen LogP contribution in [-0.4, -0.2) is 33.4 Å². The van der Waals surface area contributed by atoms with E-state index < -0.39 is 10.0 Å². The minimum Gasteiger partial charge on any atom is -0.324 e. The molecule has 25 heavy (non-hydrogen) atoms. The van der Waals surface area contributed by atoms with E-state index in [0.29, 0.717) is 11.4 Å². The van der Waals surface area contributed by atoms with E-state index in [4.69, 9.17) is 0 Å². The van der Waals surface area contributed by atoms with Gasteiger partial charge in [-0.1, -0.05) is 24.3 Å². The third kappa shape index (κ3) is 4.99. The quantitative estimate of drug-likeness (QED) is 0.782. The fourth-order valence-corrected chi connectivity index (χ4v) is 4.02. The number of hydrogen-bond acceptors (Lipinski definition) is 4. The van der Waals surface area contributed by atoms with E-state index >= 15 is 0 Å². The molecule has 2 aromatic carbocycles. The molecule has 1 N–H and O–H groups in total. The van der Waals surface area contributed by atoms with Gasteiger partial charge in [-0.3, -0.25) is 9.10 Å². The fourth-order valence-electron chi connectivity index (χ4n) is 2.59. The van der Waals surface area contributed by atoms with Crippen molar-refractivity contribution in [1.82, 2.24) is 0 Å². The van der Waals surface area contributed by atoms with Gasteiger partial charge >= 0.3 is 0 Å². The Hall–Kier alpha value is -1.99. The summed E-state index contributed by atoms with van der Waals surface area (Å²) in [7, 11) is -3.59. The van der Waals surface area contributed by atoms with Gasteiger partial charge in [0.2, 0.25) is 15.9 Å². The Morgan fingerprint density at radius 2 is 1.72 bits per heavy atom. The van der Waals surface area contributed by atoms with Crippen LogP contribution in [0.1, 0.15) is 11.1 Å². The number of thioether (sulfide) groups is 1. The molecule has 5 nitrogen and oxygen atoms in total. The summed E-state index contributed by atoms with van der Waals surface area (Å²) in [6.45, 7) is 3.40. The highest BCUT2D eigenvalue weighted by Crippen LogP contribution is 2.27. The molecule has 2 rings (SSSR count). The molecular weight excluding hydrogens is 356 g/mol. The maximum absolute atomic E-state index is 12.4. The molecule has 0 heterocycles. The second kappa shape index (κ2) is 7.93. The van der Waals surface area contributed by atoms with Crippen molar-refractivity contribution in [2.45, 2.75) is 18.7 Å². The molecule has 0 aliphatic carbocycles. The first kappa shape index (κ1) is 19.3. The van der Waals surface area contributed by atoms with Crippen molar-refractivity contribution >= 4 is 39.1 Å². The largest absolute Gasteiger partial charge is 0.324 e. The minimum absolute atomic E-state index is 0.270. The molecule has 0 aliphatic rings. The lowest BCUT2D eigenvalue weighted by Gasteiger charge is -2.25. The summed E-state index contributed by atoms with van der Waals surface area (Å²) in [5, 5.41) is 2.77. The summed E-state index contributed by atoms with van der Waals surface area (Å²) in [6.07, 6.45) is 3.06. The maximum atomic E-state index is 12.4. The van der Waals surface area contributed by atoms with Crippen molar-refractivity contribution in [3.63, 3.8) is 0 Å². The Labute approximate surface area is 153 Å². The lowest BCUT2D eigenvalue weighted by atomic mass is 10.1. The summed E-state index contributed by atoms with van der Waals surface area (Å²) in [4.78, 5) is 13.5. The van der Waals surface area contributed by atoms with Gasteiger partial charge in [0.1, 0.15) is 6.54 Å². The zero-order chi connectivity index (χ0) is 18.6. The molecule has 7 heteroatoms. The number of aryl methyl sites for hydroxylation is 2. The number of hydrogen-bond donors (Lipinski definition) is 1. The van der Waals surface area contributed by atoms with Crippen molar-refractivity contribution in [2.24, 2.45) is 0 Å². The number of nitrogens with one attached hydrogen (secondary N) is 1. The first-order chi connectivity index (χ1) is 11.7. The second-order valence-electron chi connectivity index (χ2n) is 5.79. The van der Waals surface area contributed by atoms with Gasteiger partial charge in [-0.15, -0.1) is 11.8 Å². The molecule has 0 radical (unpaired) electrons. The fraction of sp³-hybridized carbons (Fsp3) is 0.278. The van der Waals surface area contributed by atoms with Crippen LogP contribution >= 0.6 is 11.8 Å². The van der Waals surface area contributed by atoms with Gasteiger partial charge in [-0.2, -0.15) is 0 Å². The minimum atomic E-state index is -3.59. The van der Waals surface area contributed by atoms with Crippen molar-refractivity contribution in [1.29, 1.82) is 0 Å².